The van der Waals surface area contributed by atoms with Crippen molar-refractivity contribution in [2.75, 3.05) is 25.1 Å². The van der Waals surface area contributed by atoms with E-state index in [0.717, 1.165) is 25.9 Å². The molecular formula is C10H12BrN3O2. The number of halogens is 1. The maximum atomic E-state index is 11.4. The Morgan fingerprint density at radius 1 is 1.50 bits per heavy atom. The molecule has 0 saturated carbocycles. The van der Waals surface area contributed by atoms with E-state index >= 15 is 0 Å². The molecule has 1 aromatic heterocycles. The number of methoxy groups -OCH3 is 1. The summed E-state index contributed by atoms with van der Waals surface area (Å²) in [5.74, 6) is 0.149. The van der Waals surface area contributed by atoms with Crippen LogP contribution in [0, 0.1) is 0 Å². The van der Waals surface area contributed by atoms with Gasteiger partial charge in [0.2, 0.25) is 5.95 Å². The van der Waals surface area contributed by atoms with E-state index < -0.39 is 5.97 Å². The molecule has 0 unspecified atom stereocenters. The summed E-state index contributed by atoms with van der Waals surface area (Å²) in [4.78, 5) is 21.9. The largest absolute Gasteiger partial charge is 0.464 e. The Bertz CT molecular complexity index is 405. The van der Waals surface area contributed by atoms with Crippen molar-refractivity contribution in [1.82, 2.24) is 9.97 Å². The number of carbonyl (C=O) groups excluding carboxylic acids is 1. The molecule has 0 spiro atoms. The second-order valence-corrected chi connectivity index (χ2v) is 4.41. The van der Waals surface area contributed by atoms with Gasteiger partial charge < -0.3 is 9.64 Å². The van der Waals surface area contributed by atoms with Gasteiger partial charge in [0.15, 0.2) is 5.69 Å². The van der Waals surface area contributed by atoms with Crippen LogP contribution in [0.3, 0.4) is 0 Å². The number of anilines is 1. The minimum absolute atomic E-state index is 0.277. The maximum Gasteiger partial charge on any atom is 0.358 e. The quantitative estimate of drug-likeness (QED) is 0.773. The predicted octanol–water partition coefficient (Wildman–Crippen LogP) is 1.63. The van der Waals surface area contributed by atoms with Gasteiger partial charge in [-0.2, -0.15) is 0 Å². The fraction of sp³-hybridized carbons (Fsp3) is 0.500. The molecule has 1 aliphatic rings. The van der Waals surface area contributed by atoms with Gasteiger partial charge in [-0.1, -0.05) is 0 Å². The van der Waals surface area contributed by atoms with Crippen LogP contribution in [0.2, 0.25) is 0 Å². The van der Waals surface area contributed by atoms with Crippen LogP contribution in [0.15, 0.2) is 10.7 Å². The molecule has 2 heterocycles. The monoisotopic (exact) mass is 285 g/mol. The second-order valence-electron chi connectivity index (χ2n) is 3.55. The third kappa shape index (κ3) is 2.16. The van der Waals surface area contributed by atoms with Crippen molar-refractivity contribution in [3.05, 3.63) is 16.4 Å². The van der Waals surface area contributed by atoms with Crippen molar-refractivity contribution in [2.24, 2.45) is 0 Å². The van der Waals surface area contributed by atoms with Crippen LogP contribution in [-0.2, 0) is 4.74 Å². The third-order valence-corrected chi connectivity index (χ3v) is 3.08. The summed E-state index contributed by atoms with van der Waals surface area (Å²) in [6, 6.07) is 0. The molecule has 1 aliphatic heterocycles. The van der Waals surface area contributed by atoms with Crippen LogP contribution in [0.25, 0.3) is 0 Å². The van der Waals surface area contributed by atoms with E-state index in [1.807, 2.05) is 0 Å². The number of rotatable bonds is 2. The number of esters is 1. The van der Waals surface area contributed by atoms with E-state index in [4.69, 9.17) is 0 Å². The third-order valence-electron chi connectivity index (χ3n) is 2.50. The lowest BCUT2D eigenvalue weighted by Crippen LogP contribution is -2.21. The molecule has 0 atom stereocenters. The molecule has 86 valence electrons. The highest BCUT2D eigenvalue weighted by atomic mass is 79.9. The van der Waals surface area contributed by atoms with Crippen molar-refractivity contribution in [1.29, 1.82) is 0 Å². The van der Waals surface area contributed by atoms with Gasteiger partial charge in [0, 0.05) is 19.3 Å². The van der Waals surface area contributed by atoms with Crippen LogP contribution >= 0.6 is 15.9 Å². The van der Waals surface area contributed by atoms with Crippen molar-refractivity contribution in [3.8, 4) is 0 Å². The summed E-state index contributed by atoms with van der Waals surface area (Å²) in [6.07, 6.45) is 3.88. The first-order chi connectivity index (χ1) is 7.72. The van der Waals surface area contributed by atoms with E-state index in [-0.39, 0.29) is 5.69 Å². The van der Waals surface area contributed by atoms with Crippen LogP contribution in [0.1, 0.15) is 23.3 Å². The summed E-state index contributed by atoms with van der Waals surface area (Å²) < 4.78 is 5.21. The lowest BCUT2D eigenvalue weighted by atomic mass is 10.4. The summed E-state index contributed by atoms with van der Waals surface area (Å²) in [6.45, 7) is 1.89. The lowest BCUT2D eigenvalue weighted by Gasteiger charge is -2.15. The van der Waals surface area contributed by atoms with Gasteiger partial charge in [-0.25, -0.2) is 14.8 Å². The first-order valence-electron chi connectivity index (χ1n) is 5.08. The Balaban J connectivity index is 2.30. The SMILES string of the molecule is COC(=O)c1nc(N2CCCC2)ncc1Br. The molecule has 1 aromatic rings. The number of nitrogens with zero attached hydrogens (tertiary/aromatic N) is 3. The number of aromatic nitrogens is 2. The van der Waals surface area contributed by atoms with Gasteiger partial charge in [0.05, 0.1) is 11.6 Å². The van der Waals surface area contributed by atoms with Gasteiger partial charge >= 0.3 is 5.97 Å². The summed E-state index contributed by atoms with van der Waals surface area (Å²) >= 11 is 3.24. The van der Waals surface area contributed by atoms with Gasteiger partial charge in [0.25, 0.3) is 0 Å². The zero-order valence-electron chi connectivity index (χ0n) is 8.94. The Labute approximate surface area is 102 Å². The van der Waals surface area contributed by atoms with Gasteiger partial charge in [-0.05, 0) is 28.8 Å². The summed E-state index contributed by atoms with van der Waals surface area (Å²) in [5.41, 5.74) is 0.277. The van der Waals surface area contributed by atoms with E-state index in [2.05, 4.69) is 35.5 Å². The standard InChI is InChI=1S/C10H12BrN3O2/c1-16-9(15)8-7(11)6-12-10(13-8)14-4-2-3-5-14/h6H,2-5H2,1H3. The molecular weight excluding hydrogens is 274 g/mol. The zero-order chi connectivity index (χ0) is 11.5. The highest BCUT2D eigenvalue weighted by molar-refractivity contribution is 9.10. The minimum atomic E-state index is -0.449. The summed E-state index contributed by atoms with van der Waals surface area (Å²) in [5, 5.41) is 0. The summed E-state index contributed by atoms with van der Waals surface area (Å²) in [7, 11) is 1.34. The molecule has 1 fully saturated rings. The molecule has 0 bridgehead atoms. The highest BCUT2D eigenvalue weighted by Crippen LogP contribution is 2.20. The van der Waals surface area contributed by atoms with Crippen molar-refractivity contribution >= 4 is 27.8 Å². The zero-order valence-corrected chi connectivity index (χ0v) is 10.5. The number of hydrogen-bond acceptors (Lipinski definition) is 5. The first-order valence-corrected chi connectivity index (χ1v) is 5.87. The predicted molar refractivity (Wildman–Crippen MR) is 62.5 cm³/mol. The van der Waals surface area contributed by atoms with Crippen LogP contribution in [0.5, 0.6) is 0 Å². The molecule has 6 heteroatoms. The Kier molecular flexibility index (Phi) is 3.38. The normalized spacial score (nSPS) is 15.2. The topological polar surface area (TPSA) is 55.3 Å². The first kappa shape index (κ1) is 11.3. The smallest absolute Gasteiger partial charge is 0.358 e. The van der Waals surface area contributed by atoms with Crippen LogP contribution in [0.4, 0.5) is 5.95 Å². The molecule has 16 heavy (non-hydrogen) atoms. The van der Waals surface area contributed by atoms with Gasteiger partial charge in [0.1, 0.15) is 0 Å². The fourth-order valence-electron chi connectivity index (χ4n) is 1.67. The second kappa shape index (κ2) is 4.78. The van der Waals surface area contributed by atoms with Gasteiger partial charge in [-0.3, -0.25) is 0 Å². The van der Waals surface area contributed by atoms with E-state index in [1.54, 1.807) is 6.20 Å². The average Bonchev–Trinajstić information content (AvgIpc) is 2.82. The average molecular weight is 286 g/mol. The molecule has 0 radical (unpaired) electrons. The van der Waals surface area contributed by atoms with E-state index in [0.29, 0.717) is 10.4 Å². The van der Waals surface area contributed by atoms with Gasteiger partial charge in [-0.15, -0.1) is 0 Å². The molecule has 1 saturated heterocycles. The van der Waals surface area contributed by atoms with Crippen molar-refractivity contribution in [2.45, 2.75) is 12.8 Å². The van der Waals surface area contributed by atoms with E-state index in [9.17, 15) is 4.79 Å². The maximum absolute atomic E-state index is 11.4. The molecule has 2 rings (SSSR count). The molecule has 0 aromatic carbocycles. The highest BCUT2D eigenvalue weighted by Gasteiger charge is 2.19. The molecule has 0 aliphatic carbocycles. The lowest BCUT2D eigenvalue weighted by molar-refractivity contribution is 0.0592. The van der Waals surface area contributed by atoms with Crippen molar-refractivity contribution in [3.63, 3.8) is 0 Å². The molecule has 0 N–H and O–H groups in total. The fourth-order valence-corrected chi connectivity index (χ4v) is 2.02. The minimum Gasteiger partial charge on any atom is -0.464 e. The number of ether oxygens (including phenoxy) is 1. The Morgan fingerprint density at radius 2 is 2.19 bits per heavy atom. The van der Waals surface area contributed by atoms with Crippen LogP contribution in [-0.4, -0.2) is 36.1 Å². The molecule has 0 amide bonds. The van der Waals surface area contributed by atoms with E-state index in [1.165, 1.54) is 7.11 Å². The number of hydrogen-bond donors (Lipinski definition) is 0. The van der Waals surface area contributed by atoms with Crippen molar-refractivity contribution < 1.29 is 9.53 Å². The number of carbonyl (C=O) groups is 1. The molecule has 5 nitrogen and oxygen atoms in total. The Morgan fingerprint density at radius 3 is 2.81 bits per heavy atom. The van der Waals surface area contributed by atoms with Crippen LogP contribution < -0.4 is 4.90 Å². The Hall–Kier alpha value is -1.17.